The second-order valence-corrected chi connectivity index (χ2v) is 7.13. The zero-order valence-electron chi connectivity index (χ0n) is 8.75. The second-order valence-electron chi connectivity index (χ2n) is 3.52. The van der Waals surface area contributed by atoms with Crippen LogP contribution in [-0.4, -0.2) is 0 Å². The third-order valence-corrected chi connectivity index (χ3v) is 4.93. The summed E-state index contributed by atoms with van der Waals surface area (Å²) in [6.07, 6.45) is 1.16. The Morgan fingerprint density at radius 3 is 2.35 bits per heavy atom. The van der Waals surface area contributed by atoms with E-state index in [9.17, 15) is 0 Å². The van der Waals surface area contributed by atoms with Crippen molar-refractivity contribution in [3.8, 4) is 11.1 Å². The van der Waals surface area contributed by atoms with Crippen LogP contribution < -0.4 is 40.2 Å². The third-order valence-electron chi connectivity index (χ3n) is 2.64. The van der Waals surface area contributed by atoms with Crippen LogP contribution in [-0.2, 0) is 31.1 Å². The predicted octanol–water partition coefficient (Wildman–Crippen LogP) is -5.98. The summed E-state index contributed by atoms with van der Waals surface area (Å²) in [4.78, 5) is 0. The van der Waals surface area contributed by atoms with Crippen molar-refractivity contribution in [2.75, 3.05) is 0 Å². The molecule has 0 saturated carbocycles. The van der Waals surface area contributed by atoms with E-state index in [0.29, 0.717) is 0 Å². The fourth-order valence-corrected chi connectivity index (χ4v) is 4.20. The van der Waals surface area contributed by atoms with Crippen LogP contribution in [0.15, 0.2) is 36.4 Å². The van der Waals surface area contributed by atoms with E-state index >= 15 is 0 Å². The van der Waals surface area contributed by atoms with Gasteiger partial charge in [0.25, 0.3) is 0 Å². The van der Waals surface area contributed by atoms with E-state index in [1.165, 1.54) is 24.9 Å². The van der Waals surface area contributed by atoms with Crippen molar-refractivity contribution in [1.29, 1.82) is 0 Å². The van der Waals surface area contributed by atoms with E-state index in [1.54, 1.807) is 33.0 Å². The van der Waals surface area contributed by atoms with Crippen molar-refractivity contribution in [3.05, 3.63) is 47.3 Å². The molecule has 0 N–H and O–H groups in total. The molecule has 86 valence electrons. The fourth-order valence-electron chi connectivity index (χ4n) is 2.00. The van der Waals surface area contributed by atoms with Crippen molar-refractivity contribution < 1.29 is 61.9 Å². The molecule has 2 aromatic rings. The topological polar surface area (TPSA) is 0 Å². The zero-order chi connectivity index (χ0) is 9.54. The monoisotopic (exact) mass is 378 g/mol. The van der Waals surface area contributed by atoms with Crippen molar-refractivity contribution in [2.45, 2.75) is 6.42 Å². The molecule has 0 fully saturated rings. The van der Waals surface area contributed by atoms with Gasteiger partial charge in [0.15, 0.2) is 0 Å². The van der Waals surface area contributed by atoms with Gasteiger partial charge in [-0.25, -0.2) is 0 Å². The van der Waals surface area contributed by atoms with Gasteiger partial charge in [-0.2, -0.15) is 0 Å². The molecule has 0 unspecified atom stereocenters. The van der Waals surface area contributed by atoms with Crippen LogP contribution in [0.25, 0.3) is 11.1 Å². The average Bonchev–Trinajstić information content (AvgIpc) is 2.54. The maximum absolute atomic E-state index is 2.29. The van der Waals surface area contributed by atoms with E-state index in [0.717, 1.165) is 6.42 Å². The van der Waals surface area contributed by atoms with Crippen molar-refractivity contribution in [3.63, 3.8) is 0 Å². The first-order valence-corrected chi connectivity index (χ1v) is 6.77. The Kier molecular flexibility index (Phi) is 7.54. The van der Waals surface area contributed by atoms with Gasteiger partial charge in [0.05, 0.1) is 0 Å². The molecule has 0 amide bonds. The molecular weight excluding hydrogens is 373 g/mol. The van der Waals surface area contributed by atoms with Gasteiger partial charge in [-0.05, 0) is 0 Å². The Bertz CT molecular complexity index is 517. The number of hydrogen-bond acceptors (Lipinski definition) is 0. The number of hydrogen-bond donors (Lipinski definition) is 0. The molecule has 17 heavy (non-hydrogen) atoms. The van der Waals surface area contributed by atoms with Gasteiger partial charge < -0.3 is 37.2 Å². The molecule has 3 rings (SSSR count). The molecule has 1 aliphatic rings. The van der Waals surface area contributed by atoms with Crippen molar-refractivity contribution in [1.82, 2.24) is 0 Å². The molecule has 1 heterocycles. The van der Waals surface area contributed by atoms with Gasteiger partial charge in [-0.1, -0.05) is 0 Å². The van der Waals surface area contributed by atoms with Gasteiger partial charge >= 0.3 is 101 Å². The Labute approximate surface area is 137 Å². The molecule has 1 aromatic heterocycles. The molecule has 0 nitrogen and oxygen atoms in total. The molecular formula is C12H8Cl3PZr. The summed E-state index contributed by atoms with van der Waals surface area (Å²) < 4.78 is 1.55. The van der Waals surface area contributed by atoms with Crippen LogP contribution in [0.3, 0.4) is 0 Å². The summed E-state index contributed by atoms with van der Waals surface area (Å²) in [6.45, 7) is 0. The van der Waals surface area contributed by atoms with E-state index < -0.39 is 0 Å². The van der Waals surface area contributed by atoms with Crippen LogP contribution >= 0.6 is 8.19 Å². The summed E-state index contributed by atoms with van der Waals surface area (Å²) in [7, 11) is 1.46. The summed E-state index contributed by atoms with van der Waals surface area (Å²) in [6, 6.07) is 13.3. The predicted molar refractivity (Wildman–Crippen MR) is 56.8 cm³/mol. The molecule has 0 bridgehead atoms. The first-order chi connectivity index (χ1) is 6.84. The Hall–Kier alpha value is 0.623. The normalized spacial score (nSPS) is 10.7. The third kappa shape index (κ3) is 3.34. The number of benzene rings is 1. The summed E-state index contributed by atoms with van der Waals surface area (Å²) >= 11 is 1.55. The summed E-state index contributed by atoms with van der Waals surface area (Å²) in [5, 5.41) is 1.60. The first-order valence-electron chi connectivity index (χ1n) is 4.64. The average molecular weight is 381 g/mol. The van der Waals surface area contributed by atoms with Gasteiger partial charge in [0.1, 0.15) is 0 Å². The minimum atomic E-state index is 0. The van der Waals surface area contributed by atoms with Crippen LogP contribution in [0.1, 0.15) is 10.9 Å². The summed E-state index contributed by atoms with van der Waals surface area (Å²) in [5.41, 5.74) is 4.43. The minimum absolute atomic E-state index is 0. The standard InChI is InChI=1S/C12H8P.3ClH.Zr/c1-2-5-10-9(4-1)8-12-11(10)6-3-7-13-12;;;;/h1-6H,8H2;3*1H;/q;;;;+3/p-3. The number of rotatable bonds is 0. The SMILES string of the molecule is [Cl-].[Cl-].[Cl-].[Zr+3][c]1ccc2c(p1)Cc1ccccc1-2. The van der Waals surface area contributed by atoms with E-state index in [1.807, 2.05) is 0 Å². The van der Waals surface area contributed by atoms with E-state index in [4.69, 9.17) is 0 Å². The van der Waals surface area contributed by atoms with Crippen LogP contribution in [0.2, 0.25) is 0 Å². The number of halogens is 3. The summed E-state index contributed by atoms with van der Waals surface area (Å²) in [5.74, 6) is 0. The van der Waals surface area contributed by atoms with Crippen LogP contribution in [0.5, 0.6) is 0 Å². The van der Waals surface area contributed by atoms with Crippen LogP contribution in [0, 0.1) is 0 Å². The Balaban J connectivity index is 0.000000853. The molecule has 5 heteroatoms. The van der Waals surface area contributed by atoms with E-state index in [-0.39, 0.29) is 37.2 Å². The van der Waals surface area contributed by atoms with Gasteiger partial charge in [-0.15, -0.1) is 0 Å². The molecule has 0 saturated heterocycles. The quantitative estimate of drug-likeness (QED) is 0.364. The molecule has 0 aliphatic heterocycles. The Morgan fingerprint density at radius 2 is 1.59 bits per heavy atom. The van der Waals surface area contributed by atoms with Crippen LogP contribution in [0.4, 0.5) is 0 Å². The van der Waals surface area contributed by atoms with Crippen molar-refractivity contribution in [2.24, 2.45) is 0 Å². The molecule has 1 aromatic carbocycles. The fraction of sp³-hybridized carbons (Fsp3) is 0.0833. The molecule has 1 aliphatic carbocycles. The first kappa shape index (κ1) is 17.6. The van der Waals surface area contributed by atoms with Gasteiger partial charge in [0.2, 0.25) is 0 Å². The molecule has 0 radical (unpaired) electrons. The van der Waals surface area contributed by atoms with Gasteiger partial charge in [-0.3, -0.25) is 0 Å². The second kappa shape index (κ2) is 7.27. The van der Waals surface area contributed by atoms with Gasteiger partial charge in [0, 0.05) is 0 Å². The van der Waals surface area contributed by atoms with Crippen molar-refractivity contribution >= 4 is 11.2 Å². The van der Waals surface area contributed by atoms with E-state index in [2.05, 4.69) is 36.4 Å². The molecule has 0 atom stereocenters. The number of fused-ring (bicyclic) bond motifs is 3. The Morgan fingerprint density at radius 1 is 0.882 bits per heavy atom. The maximum atomic E-state index is 2.29. The zero-order valence-corrected chi connectivity index (χ0v) is 14.4. The molecule has 0 spiro atoms.